The average molecular weight is 574 g/mol. The van der Waals surface area contributed by atoms with Crippen LogP contribution in [0.15, 0.2) is 54.9 Å². The quantitative estimate of drug-likeness (QED) is 0.442. The molecule has 2 N–H and O–H groups in total. The topological polar surface area (TPSA) is 136 Å². The molecular formula is C31H35N5O6. The number of carboxylic acids is 1. The predicted octanol–water partition coefficient (Wildman–Crippen LogP) is 3.65. The minimum absolute atomic E-state index is 0.126. The lowest BCUT2D eigenvalue weighted by Gasteiger charge is -2.25. The van der Waals surface area contributed by atoms with Gasteiger partial charge in [0.2, 0.25) is 17.7 Å². The van der Waals surface area contributed by atoms with Crippen LogP contribution in [0.1, 0.15) is 51.4 Å². The van der Waals surface area contributed by atoms with E-state index < -0.39 is 29.6 Å². The molecule has 0 bridgehead atoms. The number of carbonyl (C=O) groups excluding carboxylic acids is 2. The zero-order chi connectivity index (χ0) is 29.3. The van der Waals surface area contributed by atoms with Gasteiger partial charge in [0.1, 0.15) is 23.4 Å². The summed E-state index contributed by atoms with van der Waals surface area (Å²) in [6.45, 7) is 0.200. The van der Waals surface area contributed by atoms with E-state index in [1.807, 2.05) is 36.4 Å². The molecule has 4 atom stereocenters. The molecule has 1 aliphatic carbocycles. The number of carboxylic acid groups (broad SMARTS) is 1. The summed E-state index contributed by atoms with van der Waals surface area (Å²) in [7, 11) is 1.60. The maximum absolute atomic E-state index is 13.6. The van der Waals surface area contributed by atoms with Crippen LogP contribution in [0.2, 0.25) is 0 Å². The van der Waals surface area contributed by atoms with Crippen molar-refractivity contribution in [2.75, 3.05) is 13.7 Å². The molecule has 11 nitrogen and oxygen atoms in total. The molecule has 4 heterocycles. The largest absolute Gasteiger partial charge is 0.497 e. The number of hydrogen-bond acceptors (Lipinski definition) is 7. The zero-order valence-electron chi connectivity index (χ0n) is 23.6. The number of rotatable bonds is 5. The van der Waals surface area contributed by atoms with E-state index in [-0.39, 0.29) is 24.8 Å². The molecule has 6 rings (SSSR count). The average Bonchev–Trinajstić information content (AvgIpc) is 3.31. The molecule has 3 aromatic rings. The number of fused-ring (bicyclic) bond motifs is 3. The lowest BCUT2D eigenvalue weighted by atomic mass is 10.1. The number of benzene rings is 1. The predicted molar refractivity (Wildman–Crippen MR) is 153 cm³/mol. The van der Waals surface area contributed by atoms with Crippen molar-refractivity contribution < 1.29 is 29.0 Å². The summed E-state index contributed by atoms with van der Waals surface area (Å²) >= 11 is 0. The van der Waals surface area contributed by atoms with Crippen LogP contribution in [0, 0.1) is 5.92 Å². The molecule has 1 saturated carbocycles. The molecule has 1 saturated heterocycles. The summed E-state index contributed by atoms with van der Waals surface area (Å²) in [5.41, 5.74) is -1.34. The van der Waals surface area contributed by atoms with Gasteiger partial charge >= 0.3 is 5.97 Å². The maximum Gasteiger partial charge on any atom is 0.330 e. The van der Waals surface area contributed by atoms with Crippen LogP contribution in [0.25, 0.3) is 16.6 Å². The number of allylic oxidation sites excluding steroid dienone is 1. The summed E-state index contributed by atoms with van der Waals surface area (Å²) in [5, 5.41) is 18.7. The second-order valence-electron chi connectivity index (χ2n) is 11.3. The third-order valence-corrected chi connectivity index (χ3v) is 8.52. The second kappa shape index (κ2) is 11.5. The Kier molecular flexibility index (Phi) is 7.57. The lowest BCUT2D eigenvalue weighted by molar-refractivity contribution is -0.145. The van der Waals surface area contributed by atoms with Crippen molar-refractivity contribution in [1.29, 1.82) is 0 Å². The van der Waals surface area contributed by atoms with Crippen LogP contribution < -0.4 is 14.8 Å². The molecule has 0 radical (unpaired) electrons. The van der Waals surface area contributed by atoms with Crippen LogP contribution in [0.4, 0.5) is 0 Å². The number of aromatic nitrogens is 3. The fourth-order valence-corrected chi connectivity index (χ4v) is 6.06. The van der Waals surface area contributed by atoms with Crippen molar-refractivity contribution in [1.82, 2.24) is 25.0 Å². The number of pyridine rings is 1. The Labute approximate surface area is 243 Å². The molecule has 2 aliphatic heterocycles. The zero-order valence-corrected chi connectivity index (χ0v) is 23.6. The van der Waals surface area contributed by atoms with E-state index in [1.54, 1.807) is 35.2 Å². The first kappa shape index (κ1) is 27.7. The van der Waals surface area contributed by atoms with Gasteiger partial charge in [-0.25, -0.2) is 9.48 Å². The number of ether oxygens (including phenoxy) is 2. The lowest BCUT2D eigenvalue weighted by Crippen LogP contribution is -2.53. The number of carbonyl (C=O) groups is 3. The number of methoxy groups -OCH3 is 1. The van der Waals surface area contributed by atoms with E-state index in [4.69, 9.17) is 14.5 Å². The molecule has 42 heavy (non-hydrogen) atoms. The van der Waals surface area contributed by atoms with Gasteiger partial charge in [-0.2, -0.15) is 10.1 Å². The molecule has 1 aromatic carbocycles. The Bertz CT molecular complexity index is 1520. The number of amides is 2. The van der Waals surface area contributed by atoms with Crippen molar-refractivity contribution in [3.8, 4) is 17.4 Å². The number of aliphatic carboxylic acids is 1. The number of nitrogens with one attached hydrogen (secondary N) is 1. The van der Waals surface area contributed by atoms with Crippen LogP contribution in [0.5, 0.6) is 11.6 Å². The van der Waals surface area contributed by atoms with Crippen molar-refractivity contribution in [3.63, 3.8) is 0 Å². The van der Waals surface area contributed by atoms with Gasteiger partial charge in [-0.15, -0.1) is 0 Å². The Balaban J connectivity index is 1.29. The Morgan fingerprint density at radius 3 is 2.81 bits per heavy atom. The van der Waals surface area contributed by atoms with Gasteiger partial charge in [0.15, 0.2) is 5.82 Å². The summed E-state index contributed by atoms with van der Waals surface area (Å²) in [5.74, 6) is -0.321. The molecule has 220 valence electrons. The minimum atomic E-state index is -1.34. The van der Waals surface area contributed by atoms with E-state index in [2.05, 4.69) is 10.4 Å². The van der Waals surface area contributed by atoms with E-state index in [0.29, 0.717) is 30.3 Å². The van der Waals surface area contributed by atoms with Gasteiger partial charge in [0.05, 0.1) is 13.7 Å². The first-order chi connectivity index (χ1) is 20.4. The minimum Gasteiger partial charge on any atom is -0.497 e. The second-order valence-corrected chi connectivity index (χ2v) is 11.3. The number of nitrogens with zero attached hydrogens (tertiary/aromatic N) is 4. The van der Waals surface area contributed by atoms with Crippen LogP contribution >= 0.6 is 0 Å². The van der Waals surface area contributed by atoms with Gasteiger partial charge < -0.3 is 24.8 Å². The summed E-state index contributed by atoms with van der Waals surface area (Å²) < 4.78 is 13.5. The fourth-order valence-electron chi connectivity index (χ4n) is 6.06. The molecule has 2 aromatic heterocycles. The van der Waals surface area contributed by atoms with E-state index in [1.165, 1.54) is 0 Å². The fraction of sp³-hybridized carbons (Fsp3) is 0.452. The molecule has 0 spiro atoms. The molecule has 3 aliphatic rings. The monoisotopic (exact) mass is 573 g/mol. The van der Waals surface area contributed by atoms with Gasteiger partial charge in [-0.3, -0.25) is 9.59 Å². The summed E-state index contributed by atoms with van der Waals surface area (Å²) in [6, 6.07) is 8.43. The standard InChI is InChI=1S/C31H35N5O6/c1-41-22-11-12-24-20(15-22)16-26(36-14-8-13-32-36)33-29(24)42-23-17-25-28(38)34-31(30(39)40)18-21(31)9-6-4-2-3-5-7-10-27(37)35(25)19-23/h6,8-9,11-16,21,23,25H,2-5,7,10,17-19H2,1H3,(H,34,38)(H,39,40)/b9-6-/t21-,23+,25-,31+/m0/s1. The molecule has 2 amide bonds. The Morgan fingerprint density at radius 2 is 2.02 bits per heavy atom. The van der Waals surface area contributed by atoms with E-state index in [0.717, 1.165) is 42.9 Å². The first-order valence-electron chi connectivity index (χ1n) is 14.5. The van der Waals surface area contributed by atoms with Gasteiger partial charge in [0.25, 0.3) is 0 Å². The molecule has 2 fully saturated rings. The summed E-state index contributed by atoms with van der Waals surface area (Å²) in [4.78, 5) is 45.6. The first-order valence-corrected chi connectivity index (χ1v) is 14.5. The highest BCUT2D eigenvalue weighted by molar-refractivity contribution is 5.95. The SMILES string of the molecule is COc1ccc2c(O[C@@H]3C[C@H]4C(=O)N[C@]5(C(=O)O)C[C@@H]5/C=C\CCCCCCC(=O)N4C3)nc(-n3cccn3)cc2c1. The van der Waals surface area contributed by atoms with Crippen LogP contribution in [-0.4, -0.2) is 73.9 Å². The van der Waals surface area contributed by atoms with E-state index >= 15 is 0 Å². The normalized spacial score (nSPS) is 27.3. The van der Waals surface area contributed by atoms with Gasteiger partial charge in [-0.1, -0.05) is 25.0 Å². The van der Waals surface area contributed by atoms with Crippen molar-refractivity contribution in [3.05, 3.63) is 54.9 Å². The third-order valence-electron chi connectivity index (χ3n) is 8.52. The van der Waals surface area contributed by atoms with Crippen LogP contribution in [-0.2, 0) is 14.4 Å². The molecule has 11 heteroatoms. The third kappa shape index (κ3) is 5.43. The van der Waals surface area contributed by atoms with Crippen molar-refractivity contribution in [2.24, 2.45) is 5.92 Å². The molecule has 0 unspecified atom stereocenters. The highest BCUT2D eigenvalue weighted by Gasteiger charge is 2.61. The number of hydrogen-bond donors (Lipinski definition) is 2. The summed E-state index contributed by atoms with van der Waals surface area (Å²) in [6.07, 6.45) is 12.2. The van der Waals surface area contributed by atoms with Gasteiger partial charge in [0, 0.05) is 36.5 Å². The van der Waals surface area contributed by atoms with Crippen molar-refractivity contribution in [2.45, 2.75) is 69.1 Å². The van der Waals surface area contributed by atoms with E-state index in [9.17, 15) is 19.5 Å². The highest BCUT2D eigenvalue weighted by atomic mass is 16.5. The highest BCUT2D eigenvalue weighted by Crippen LogP contribution is 2.45. The molecular weight excluding hydrogens is 538 g/mol. The van der Waals surface area contributed by atoms with Crippen LogP contribution in [0.3, 0.4) is 0 Å². The Morgan fingerprint density at radius 1 is 1.17 bits per heavy atom. The van der Waals surface area contributed by atoms with Gasteiger partial charge in [-0.05, 0) is 61.4 Å². The smallest absolute Gasteiger partial charge is 0.330 e. The Hall–Kier alpha value is -4.41. The maximum atomic E-state index is 13.6. The van der Waals surface area contributed by atoms with Crippen molar-refractivity contribution >= 4 is 28.6 Å².